The van der Waals surface area contributed by atoms with Crippen molar-refractivity contribution in [2.24, 2.45) is 5.92 Å². The third-order valence-corrected chi connectivity index (χ3v) is 7.51. The first-order chi connectivity index (χ1) is 15.8. The molecule has 9 nitrogen and oxygen atoms in total. The van der Waals surface area contributed by atoms with Gasteiger partial charge >= 0.3 is 18.0 Å². The molecule has 1 aliphatic heterocycles. The van der Waals surface area contributed by atoms with Crippen molar-refractivity contribution in [2.75, 3.05) is 33.4 Å². The molecule has 1 amide bonds. The average molecular weight is 542 g/mol. The van der Waals surface area contributed by atoms with E-state index in [-0.39, 0.29) is 16.7 Å². The van der Waals surface area contributed by atoms with Crippen molar-refractivity contribution in [1.29, 1.82) is 0 Å². The monoisotopic (exact) mass is 541 g/mol. The molecule has 1 fully saturated rings. The minimum atomic E-state index is -1.20. The van der Waals surface area contributed by atoms with Crippen LogP contribution < -0.4 is 9.47 Å². The highest BCUT2D eigenvalue weighted by atomic mass is 79.9. The van der Waals surface area contributed by atoms with Crippen molar-refractivity contribution < 1.29 is 38.8 Å². The molecule has 178 valence electrons. The number of carboxylic acids is 2. The minimum absolute atomic E-state index is 0.00508. The number of ether oxygens (including phenoxy) is 3. The lowest BCUT2D eigenvalue weighted by molar-refractivity contribution is -0.139. The first kappa shape index (κ1) is 24.8. The number of methoxy groups -OCH3 is 1. The molecule has 2 heterocycles. The van der Waals surface area contributed by atoms with E-state index in [1.54, 1.807) is 4.90 Å². The first-order valence-electron chi connectivity index (χ1n) is 10.3. The maximum Gasteiger partial charge on any atom is 0.409 e. The van der Waals surface area contributed by atoms with Crippen LogP contribution in [0, 0.1) is 5.92 Å². The number of benzene rings is 1. The van der Waals surface area contributed by atoms with Crippen LogP contribution in [0.25, 0.3) is 10.4 Å². The van der Waals surface area contributed by atoms with Crippen LogP contribution in [0.2, 0.25) is 0 Å². The second kappa shape index (κ2) is 11.4. The third kappa shape index (κ3) is 6.38. The largest absolute Gasteiger partial charge is 0.494 e. The van der Waals surface area contributed by atoms with Gasteiger partial charge in [-0.25, -0.2) is 14.4 Å². The van der Waals surface area contributed by atoms with Gasteiger partial charge < -0.3 is 29.3 Å². The molecule has 0 radical (unpaired) electrons. The summed E-state index contributed by atoms with van der Waals surface area (Å²) in [5.74, 6) is -1.29. The van der Waals surface area contributed by atoms with Gasteiger partial charge in [0.25, 0.3) is 0 Å². The summed E-state index contributed by atoms with van der Waals surface area (Å²) in [4.78, 5) is 36.3. The Balaban J connectivity index is 1.63. The van der Waals surface area contributed by atoms with Crippen molar-refractivity contribution >= 4 is 45.3 Å². The van der Waals surface area contributed by atoms with Crippen LogP contribution in [0.1, 0.15) is 28.9 Å². The Kier molecular flexibility index (Phi) is 8.56. The van der Waals surface area contributed by atoms with E-state index >= 15 is 0 Å². The zero-order chi connectivity index (χ0) is 24.0. The van der Waals surface area contributed by atoms with Gasteiger partial charge in [-0.3, -0.25) is 0 Å². The molecule has 33 heavy (non-hydrogen) atoms. The number of piperidine rings is 1. The molecule has 0 saturated carbocycles. The number of amides is 1. The molecule has 0 aliphatic carbocycles. The van der Waals surface area contributed by atoms with Gasteiger partial charge in [0.15, 0.2) is 17.2 Å². The first-order valence-corrected chi connectivity index (χ1v) is 11.9. The van der Waals surface area contributed by atoms with Gasteiger partial charge in [-0.1, -0.05) is 12.1 Å². The molecule has 0 bridgehead atoms. The average Bonchev–Trinajstić information content (AvgIpc) is 3.14. The number of hydrogen-bond acceptors (Lipinski definition) is 7. The van der Waals surface area contributed by atoms with Crippen LogP contribution in [-0.2, 0) is 9.53 Å². The number of thiophene rings is 1. The highest BCUT2D eigenvalue weighted by Gasteiger charge is 2.25. The Morgan fingerprint density at radius 2 is 1.91 bits per heavy atom. The van der Waals surface area contributed by atoms with E-state index in [0.29, 0.717) is 40.7 Å². The van der Waals surface area contributed by atoms with E-state index in [1.807, 2.05) is 24.3 Å². The maximum absolute atomic E-state index is 11.6. The van der Waals surface area contributed by atoms with Gasteiger partial charge in [-0.2, -0.15) is 0 Å². The quantitative estimate of drug-likeness (QED) is 0.472. The van der Waals surface area contributed by atoms with Crippen molar-refractivity contribution in [3.05, 3.63) is 33.6 Å². The predicted octanol–water partition coefficient (Wildman–Crippen LogP) is 4.59. The van der Waals surface area contributed by atoms with Gasteiger partial charge in [0, 0.05) is 13.1 Å². The Labute approximate surface area is 203 Å². The number of hydrogen-bond donors (Lipinski definition) is 2. The van der Waals surface area contributed by atoms with E-state index in [1.165, 1.54) is 7.11 Å². The lowest BCUT2D eigenvalue weighted by Crippen LogP contribution is -2.38. The van der Waals surface area contributed by atoms with E-state index in [0.717, 1.165) is 36.2 Å². The number of carbonyl (C=O) groups is 3. The van der Waals surface area contributed by atoms with Crippen molar-refractivity contribution in [3.63, 3.8) is 0 Å². The molecule has 2 aromatic rings. The summed E-state index contributed by atoms with van der Waals surface area (Å²) >= 11 is 4.35. The Bertz CT molecular complexity index is 1020. The molecule has 1 aromatic carbocycles. The topological polar surface area (TPSA) is 123 Å². The zero-order valence-electron chi connectivity index (χ0n) is 17.9. The molecule has 1 aromatic heterocycles. The van der Waals surface area contributed by atoms with E-state index in [2.05, 4.69) is 15.9 Å². The lowest BCUT2D eigenvalue weighted by Gasteiger charge is -2.30. The fourth-order valence-corrected chi connectivity index (χ4v) is 5.48. The molecule has 0 unspecified atom stereocenters. The smallest absolute Gasteiger partial charge is 0.409 e. The predicted molar refractivity (Wildman–Crippen MR) is 124 cm³/mol. The van der Waals surface area contributed by atoms with Crippen LogP contribution in [0.15, 0.2) is 28.7 Å². The highest BCUT2D eigenvalue weighted by molar-refractivity contribution is 9.10. The summed E-state index contributed by atoms with van der Waals surface area (Å²) in [7, 11) is 1.39. The number of halogens is 1. The van der Waals surface area contributed by atoms with E-state index in [9.17, 15) is 19.5 Å². The van der Waals surface area contributed by atoms with Gasteiger partial charge in [-0.15, -0.1) is 11.3 Å². The van der Waals surface area contributed by atoms with E-state index < -0.39 is 18.5 Å². The van der Waals surface area contributed by atoms with Crippen molar-refractivity contribution in [1.82, 2.24) is 4.90 Å². The SMILES string of the molecule is COC(=O)N1CCC(CCOc2cccc(-c3sc(C(=O)O)c(OCC(=O)O)c3Br)c2)CC1. The molecule has 0 atom stereocenters. The Morgan fingerprint density at radius 3 is 2.55 bits per heavy atom. The van der Waals surface area contributed by atoms with E-state index in [4.69, 9.17) is 19.3 Å². The number of rotatable bonds is 9. The number of likely N-dealkylation sites (tertiary alicyclic amines) is 1. The summed E-state index contributed by atoms with van der Waals surface area (Å²) in [5, 5.41) is 18.3. The molecule has 2 N–H and O–H groups in total. The standard InChI is InChI=1S/C22H24BrNO8S/c1-30-22(29)24-8-5-13(6-9-24)7-10-31-15-4-2-3-14(11-15)19-17(23)18(32-12-16(25)26)20(33-19)21(27)28/h2-4,11,13H,5-10,12H2,1H3,(H,25,26)(H,27,28). The molecular weight excluding hydrogens is 518 g/mol. The number of aromatic carboxylic acids is 1. The third-order valence-electron chi connectivity index (χ3n) is 5.28. The second-order valence-corrected chi connectivity index (χ2v) is 9.27. The molecule has 11 heteroatoms. The number of aliphatic carboxylic acids is 1. The number of carboxylic acid groups (broad SMARTS) is 2. The molecule has 1 saturated heterocycles. The maximum atomic E-state index is 11.6. The zero-order valence-corrected chi connectivity index (χ0v) is 20.3. The van der Waals surface area contributed by atoms with Gasteiger partial charge in [0.2, 0.25) is 0 Å². The van der Waals surface area contributed by atoms with Crippen LogP contribution in [0.3, 0.4) is 0 Å². The van der Waals surface area contributed by atoms with Gasteiger partial charge in [-0.05, 0) is 58.8 Å². The van der Waals surface area contributed by atoms with Crippen molar-refractivity contribution in [2.45, 2.75) is 19.3 Å². The summed E-state index contributed by atoms with van der Waals surface area (Å²) in [6.45, 7) is 1.23. The summed E-state index contributed by atoms with van der Waals surface area (Å²) in [6, 6.07) is 7.26. The summed E-state index contributed by atoms with van der Waals surface area (Å²) in [6.07, 6.45) is 2.37. The minimum Gasteiger partial charge on any atom is -0.494 e. The highest BCUT2D eigenvalue weighted by Crippen LogP contribution is 2.46. The fourth-order valence-electron chi connectivity index (χ4n) is 3.59. The Morgan fingerprint density at radius 1 is 1.18 bits per heavy atom. The Hall–Kier alpha value is -2.79. The molecular formula is C22H24BrNO8S. The molecule has 0 spiro atoms. The number of nitrogens with zero attached hydrogens (tertiary/aromatic N) is 1. The van der Waals surface area contributed by atoms with Gasteiger partial charge in [0.1, 0.15) is 5.75 Å². The summed E-state index contributed by atoms with van der Waals surface area (Å²) in [5.41, 5.74) is 0.725. The lowest BCUT2D eigenvalue weighted by atomic mass is 9.94. The van der Waals surface area contributed by atoms with Crippen LogP contribution in [0.5, 0.6) is 11.5 Å². The normalized spacial score (nSPS) is 14.1. The number of carbonyl (C=O) groups excluding carboxylic acids is 1. The van der Waals surface area contributed by atoms with Crippen LogP contribution >= 0.6 is 27.3 Å². The van der Waals surface area contributed by atoms with Gasteiger partial charge in [0.05, 0.1) is 23.1 Å². The second-order valence-electron chi connectivity index (χ2n) is 7.46. The molecule has 3 rings (SSSR count). The fraction of sp³-hybridized carbons (Fsp3) is 0.409. The summed E-state index contributed by atoms with van der Waals surface area (Å²) < 4.78 is 16.3. The van der Waals surface area contributed by atoms with Crippen LogP contribution in [0.4, 0.5) is 4.79 Å². The molecule has 1 aliphatic rings. The van der Waals surface area contributed by atoms with Crippen molar-refractivity contribution in [3.8, 4) is 21.9 Å². The van der Waals surface area contributed by atoms with Crippen LogP contribution in [-0.4, -0.2) is 66.6 Å².